The van der Waals surface area contributed by atoms with Gasteiger partial charge in [-0.05, 0) is 36.6 Å². The summed E-state index contributed by atoms with van der Waals surface area (Å²) >= 11 is 0. The molecule has 25 heavy (non-hydrogen) atoms. The molecule has 0 aromatic heterocycles. The van der Waals surface area contributed by atoms with Gasteiger partial charge in [0.15, 0.2) is 0 Å². The van der Waals surface area contributed by atoms with E-state index in [2.05, 4.69) is 10.1 Å². The van der Waals surface area contributed by atoms with E-state index in [1.54, 1.807) is 30.3 Å². The first-order chi connectivity index (χ1) is 12.0. The van der Waals surface area contributed by atoms with Crippen LogP contribution in [0.4, 0.5) is 0 Å². The smallest absolute Gasteiger partial charge is 0.337 e. The van der Waals surface area contributed by atoms with Gasteiger partial charge in [-0.2, -0.15) is 0 Å². The number of nitrogens with one attached hydrogen (secondary N) is 1. The second-order valence-corrected chi connectivity index (χ2v) is 6.06. The van der Waals surface area contributed by atoms with Gasteiger partial charge in [0, 0.05) is 12.1 Å². The number of benzene rings is 1. The number of imide groups is 1. The van der Waals surface area contributed by atoms with E-state index in [1.165, 1.54) is 18.1 Å². The van der Waals surface area contributed by atoms with Crippen molar-refractivity contribution in [3.63, 3.8) is 0 Å². The highest BCUT2D eigenvalue weighted by molar-refractivity contribution is 6.08. The topological polar surface area (TPSA) is 92.8 Å². The molecular formula is C18H18N2O5. The molecule has 1 saturated carbocycles. The molecule has 1 unspecified atom stereocenters. The van der Waals surface area contributed by atoms with Crippen LogP contribution in [-0.4, -0.2) is 47.8 Å². The van der Waals surface area contributed by atoms with Crippen LogP contribution in [0.3, 0.4) is 0 Å². The van der Waals surface area contributed by atoms with Gasteiger partial charge in [0.05, 0.1) is 19.1 Å². The van der Waals surface area contributed by atoms with Crippen LogP contribution in [-0.2, 0) is 19.1 Å². The third-order valence-corrected chi connectivity index (χ3v) is 4.22. The average molecular weight is 342 g/mol. The van der Waals surface area contributed by atoms with Gasteiger partial charge in [-0.3, -0.25) is 19.7 Å². The monoisotopic (exact) mass is 342 g/mol. The first kappa shape index (κ1) is 16.9. The minimum absolute atomic E-state index is 0.0144. The number of hydrogen-bond acceptors (Lipinski definition) is 5. The molecule has 1 aromatic carbocycles. The summed E-state index contributed by atoms with van der Waals surface area (Å²) in [5, 5.41) is 2.24. The zero-order valence-electron chi connectivity index (χ0n) is 13.7. The first-order valence-corrected chi connectivity index (χ1v) is 8.02. The van der Waals surface area contributed by atoms with Crippen molar-refractivity contribution in [3.8, 4) is 0 Å². The lowest BCUT2D eigenvalue weighted by Crippen LogP contribution is -2.45. The van der Waals surface area contributed by atoms with E-state index < -0.39 is 17.9 Å². The Morgan fingerprint density at radius 3 is 2.40 bits per heavy atom. The van der Waals surface area contributed by atoms with Crippen molar-refractivity contribution in [3.05, 3.63) is 41.5 Å². The summed E-state index contributed by atoms with van der Waals surface area (Å²) in [4.78, 5) is 48.7. The van der Waals surface area contributed by atoms with E-state index in [-0.39, 0.29) is 24.3 Å². The average Bonchev–Trinajstić information content (AvgIpc) is 3.38. The molecule has 1 aliphatic carbocycles. The van der Waals surface area contributed by atoms with Crippen LogP contribution in [0.15, 0.2) is 30.3 Å². The summed E-state index contributed by atoms with van der Waals surface area (Å²) < 4.78 is 4.63. The van der Waals surface area contributed by atoms with Crippen LogP contribution in [0, 0.1) is 0 Å². The minimum Gasteiger partial charge on any atom is -0.465 e. The first-order valence-electron chi connectivity index (χ1n) is 8.02. The molecule has 3 amide bonds. The van der Waals surface area contributed by atoms with Gasteiger partial charge in [0.25, 0.3) is 0 Å². The van der Waals surface area contributed by atoms with E-state index >= 15 is 0 Å². The minimum atomic E-state index is -0.723. The number of methoxy groups -OCH3 is 1. The number of rotatable bonds is 5. The van der Waals surface area contributed by atoms with Crippen LogP contribution in [0.5, 0.6) is 0 Å². The van der Waals surface area contributed by atoms with Gasteiger partial charge in [-0.1, -0.05) is 12.1 Å². The maximum Gasteiger partial charge on any atom is 0.337 e. The van der Waals surface area contributed by atoms with Crippen LogP contribution in [0.2, 0.25) is 0 Å². The van der Waals surface area contributed by atoms with Gasteiger partial charge >= 0.3 is 5.97 Å². The Bertz CT molecular complexity index is 749. The number of esters is 1. The zero-order chi connectivity index (χ0) is 18.0. The van der Waals surface area contributed by atoms with Crippen LogP contribution in [0.1, 0.15) is 35.2 Å². The molecule has 0 radical (unpaired) electrons. The van der Waals surface area contributed by atoms with E-state index in [9.17, 15) is 19.2 Å². The summed E-state index contributed by atoms with van der Waals surface area (Å²) in [5.74, 6) is -1.49. The highest BCUT2D eigenvalue weighted by atomic mass is 16.5. The Balaban J connectivity index is 1.71. The number of amides is 3. The Morgan fingerprint density at radius 2 is 1.88 bits per heavy atom. The van der Waals surface area contributed by atoms with Gasteiger partial charge in [0.2, 0.25) is 17.7 Å². The Morgan fingerprint density at radius 1 is 1.20 bits per heavy atom. The standard InChI is InChI=1S/C18H18N2O5/c1-25-18(24)12-5-2-11(3-6-12)4-9-16(22)20(13-7-8-13)14-10-15(21)19-17(14)23/h2-6,9,13-14H,7-8,10H2,1H3,(H,19,21,23). The number of carbonyl (C=O) groups excluding carboxylic acids is 4. The molecule has 7 heteroatoms. The predicted molar refractivity (Wildman–Crippen MR) is 88.2 cm³/mol. The van der Waals surface area contributed by atoms with Crippen molar-refractivity contribution < 1.29 is 23.9 Å². The Hall–Kier alpha value is -2.96. The second kappa shape index (κ2) is 6.88. The Labute approximate surface area is 144 Å². The number of nitrogens with zero attached hydrogens (tertiary/aromatic N) is 1. The van der Waals surface area contributed by atoms with Crippen molar-refractivity contribution >= 4 is 29.8 Å². The van der Waals surface area contributed by atoms with Gasteiger partial charge in [-0.25, -0.2) is 4.79 Å². The number of hydrogen-bond donors (Lipinski definition) is 1. The summed E-state index contributed by atoms with van der Waals surface area (Å²) in [6, 6.07) is 5.90. The fourth-order valence-corrected chi connectivity index (χ4v) is 2.81. The fraction of sp³-hybridized carbons (Fsp3) is 0.333. The summed E-state index contributed by atoms with van der Waals surface area (Å²) in [6.07, 6.45) is 4.70. The molecule has 1 aromatic rings. The van der Waals surface area contributed by atoms with Crippen LogP contribution in [0.25, 0.3) is 6.08 Å². The molecule has 1 aliphatic heterocycles. The molecule has 1 atom stereocenters. The molecule has 1 N–H and O–H groups in total. The van der Waals surface area contributed by atoms with Crippen molar-refractivity contribution in [2.45, 2.75) is 31.3 Å². The summed E-state index contributed by atoms with van der Waals surface area (Å²) in [7, 11) is 1.31. The van der Waals surface area contributed by atoms with E-state index in [4.69, 9.17) is 0 Å². The maximum atomic E-state index is 12.5. The molecule has 3 rings (SSSR count). The van der Waals surface area contributed by atoms with E-state index in [1.807, 2.05) is 0 Å². The number of ether oxygens (including phenoxy) is 1. The molecule has 2 fully saturated rings. The van der Waals surface area contributed by atoms with Gasteiger partial charge < -0.3 is 9.64 Å². The third kappa shape index (κ3) is 3.76. The zero-order valence-corrected chi connectivity index (χ0v) is 13.7. The van der Waals surface area contributed by atoms with Crippen molar-refractivity contribution in [2.75, 3.05) is 7.11 Å². The molecular weight excluding hydrogens is 324 g/mol. The molecule has 2 aliphatic rings. The second-order valence-electron chi connectivity index (χ2n) is 6.06. The fourth-order valence-electron chi connectivity index (χ4n) is 2.81. The third-order valence-electron chi connectivity index (χ3n) is 4.22. The number of carbonyl (C=O) groups is 4. The van der Waals surface area contributed by atoms with E-state index in [0.29, 0.717) is 5.56 Å². The lowest BCUT2D eigenvalue weighted by atomic mass is 10.1. The highest BCUT2D eigenvalue weighted by Crippen LogP contribution is 2.31. The van der Waals surface area contributed by atoms with E-state index in [0.717, 1.165) is 18.4 Å². The summed E-state index contributed by atoms with van der Waals surface area (Å²) in [5.41, 5.74) is 1.16. The molecule has 130 valence electrons. The largest absolute Gasteiger partial charge is 0.465 e. The normalized spacial score (nSPS) is 19.8. The summed E-state index contributed by atoms with van der Waals surface area (Å²) in [6.45, 7) is 0. The maximum absolute atomic E-state index is 12.5. The van der Waals surface area contributed by atoms with Crippen molar-refractivity contribution in [2.24, 2.45) is 0 Å². The highest BCUT2D eigenvalue weighted by Gasteiger charge is 2.43. The van der Waals surface area contributed by atoms with Gasteiger partial charge in [-0.15, -0.1) is 0 Å². The molecule has 1 saturated heterocycles. The lowest BCUT2D eigenvalue weighted by Gasteiger charge is -2.25. The molecule has 1 heterocycles. The van der Waals surface area contributed by atoms with Crippen LogP contribution < -0.4 is 5.32 Å². The van der Waals surface area contributed by atoms with Gasteiger partial charge in [0.1, 0.15) is 6.04 Å². The quantitative estimate of drug-likeness (QED) is 0.487. The predicted octanol–water partition coefficient (Wildman–Crippen LogP) is 0.892. The molecule has 0 bridgehead atoms. The molecule has 7 nitrogen and oxygen atoms in total. The Kier molecular flexibility index (Phi) is 4.65. The van der Waals surface area contributed by atoms with Crippen molar-refractivity contribution in [1.29, 1.82) is 0 Å². The SMILES string of the molecule is COC(=O)c1ccc(C=CC(=O)N(C2CC2)C2CC(=O)NC2=O)cc1. The lowest BCUT2D eigenvalue weighted by molar-refractivity contribution is -0.135. The van der Waals surface area contributed by atoms with Crippen LogP contribution >= 0.6 is 0 Å². The molecule has 0 spiro atoms. The van der Waals surface area contributed by atoms with Crippen molar-refractivity contribution in [1.82, 2.24) is 10.2 Å².